The first-order valence-electron chi connectivity index (χ1n) is 8.56. The van der Waals surface area contributed by atoms with Crippen molar-refractivity contribution in [3.63, 3.8) is 0 Å². The fourth-order valence-electron chi connectivity index (χ4n) is 2.75. The highest BCUT2D eigenvalue weighted by atomic mass is 79.9. The first kappa shape index (κ1) is 21.1. The van der Waals surface area contributed by atoms with Gasteiger partial charge < -0.3 is 14.9 Å². The van der Waals surface area contributed by atoms with Gasteiger partial charge in [-0.05, 0) is 47.1 Å². The van der Waals surface area contributed by atoms with Gasteiger partial charge in [-0.2, -0.15) is 0 Å². The van der Waals surface area contributed by atoms with Crippen LogP contribution >= 0.6 is 15.9 Å². The van der Waals surface area contributed by atoms with Crippen LogP contribution in [0, 0.1) is 18.6 Å². The van der Waals surface area contributed by atoms with E-state index in [2.05, 4.69) is 20.9 Å². The van der Waals surface area contributed by atoms with Crippen molar-refractivity contribution in [1.82, 2.24) is 9.55 Å². The average molecular weight is 467 g/mol. The molecule has 0 fully saturated rings. The smallest absolute Gasteiger partial charge is 0.273 e. The second kappa shape index (κ2) is 8.81. The Hall–Kier alpha value is -2.62. The largest absolute Gasteiger partial charge is 0.487 e. The molecule has 152 valence electrons. The fraction of sp³-hybridized carbons (Fsp3) is 0.200. The fourth-order valence-corrected chi connectivity index (χ4v) is 3.16. The summed E-state index contributed by atoms with van der Waals surface area (Å²) in [5.74, 6) is -1.22. The predicted molar refractivity (Wildman–Crippen MR) is 105 cm³/mol. The standard InChI is InChI=1S/C20H17BrF2N2O4/c1-11-6-18(29-10-12-2-3-13(22)7-15(12)23)19(21)20(28)25(11)14-4-5-24-16(8-14)17(27)9-26/h2-8,17,26-27H,9-10H2,1H3. The van der Waals surface area contributed by atoms with Crippen molar-refractivity contribution in [2.75, 3.05) is 6.61 Å². The second-order valence-electron chi connectivity index (χ2n) is 6.27. The van der Waals surface area contributed by atoms with E-state index in [1.165, 1.54) is 22.9 Å². The van der Waals surface area contributed by atoms with Crippen LogP contribution in [0.4, 0.5) is 8.78 Å². The van der Waals surface area contributed by atoms with E-state index < -0.39 is 29.9 Å². The van der Waals surface area contributed by atoms with Gasteiger partial charge >= 0.3 is 0 Å². The highest BCUT2D eigenvalue weighted by molar-refractivity contribution is 9.10. The molecular weight excluding hydrogens is 450 g/mol. The first-order valence-corrected chi connectivity index (χ1v) is 9.35. The number of rotatable bonds is 6. The van der Waals surface area contributed by atoms with E-state index in [1.54, 1.807) is 19.1 Å². The number of pyridine rings is 2. The van der Waals surface area contributed by atoms with Crippen LogP contribution in [0.15, 0.2) is 51.9 Å². The molecule has 9 heteroatoms. The van der Waals surface area contributed by atoms with Gasteiger partial charge in [0.25, 0.3) is 5.56 Å². The Morgan fingerprint density at radius 3 is 2.69 bits per heavy atom. The van der Waals surface area contributed by atoms with Crippen molar-refractivity contribution < 1.29 is 23.7 Å². The van der Waals surface area contributed by atoms with Crippen molar-refractivity contribution in [1.29, 1.82) is 0 Å². The number of halogens is 3. The molecule has 3 aromatic rings. The Morgan fingerprint density at radius 2 is 2.00 bits per heavy atom. The molecule has 0 amide bonds. The van der Waals surface area contributed by atoms with Crippen LogP contribution in [-0.2, 0) is 6.61 Å². The molecule has 6 nitrogen and oxygen atoms in total. The van der Waals surface area contributed by atoms with Crippen molar-refractivity contribution >= 4 is 15.9 Å². The van der Waals surface area contributed by atoms with E-state index in [4.69, 9.17) is 9.84 Å². The average Bonchev–Trinajstić information content (AvgIpc) is 2.70. The maximum Gasteiger partial charge on any atom is 0.273 e. The SMILES string of the molecule is Cc1cc(OCc2ccc(F)cc2F)c(Br)c(=O)n1-c1ccnc(C(O)CO)c1. The minimum atomic E-state index is -1.16. The number of aryl methyl sites for hydroxylation is 1. The van der Waals surface area contributed by atoms with Crippen molar-refractivity contribution in [3.05, 3.63) is 86.0 Å². The number of nitrogens with zero attached hydrogens (tertiary/aromatic N) is 2. The molecule has 0 bridgehead atoms. The van der Waals surface area contributed by atoms with Crippen LogP contribution < -0.4 is 10.3 Å². The van der Waals surface area contributed by atoms with Crippen molar-refractivity contribution in [3.8, 4) is 11.4 Å². The number of aliphatic hydroxyl groups excluding tert-OH is 2. The zero-order valence-electron chi connectivity index (χ0n) is 15.3. The summed E-state index contributed by atoms with van der Waals surface area (Å²) in [6.45, 7) is 0.998. The lowest BCUT2D eigenvalue weighted by molar-refractivity contribution is 0.0922. The molecule has 0 aliphatic carbocycles. The molecule has 1 atom stereocenters. The van der Waals surface area contributed by atoms with Crippen LogP contribution in [0.3, 0.4) is 0 Å². The Labute approximate surface area is 173 Å². The summed E-state index contributed by atoms with van der Waals surface area (Å²) in [6.07, 6.45) is 0.257. The maximum absolute atomic E-state index is 13.8. The van der Waals surface area contributed by atoms with Crippen molar-refractivity contribution in [2.45, 2.75) is 19.6 Å². The van der Waals surface area contributed by atoms with Gasteiger partial charge in [0.15, 0.2) is 0 Å². The topological polar surface area (TPSA) is 84.6 Å². The highest BCUT2D eigenvalue weighted by Crippen LogP contribution is 2.26. The molecule has 2 N–H and O–H groups in total. The van der Waals surface area contributed by atoms with Crippen LogP contribution in [0.25, 0.3) is 5.69 Å². The third kappa shape index (κ3) is 4.52. The molecule has 0 spiro atoms. The van der Waals surface area contributed by atoms with E-state index in [0.717, 1.165) is 12.1 Å². The van der Waals surface area contributed by atoms with Crippen LogP contribution in [-0.4, -0.2) is 26.4 Å². The van der Waals surface area contributed by atoms with Crippen LogP contribution in [0.5, 0.6) is 5.75 Å². The molecule has 0 saturated carbocycles. The summed E-state index contributed by atoms with van der Waals surface area (Å²) in [5.41, 5.74) is 0.900. The number of hydrogen-bond acceptors (Lipinski definition) is 5. The zero-order valence-corrected chi connectivity index (χ0v) is 16.9. The van der Waals surface area contributed by atoms with Gasteiger partial charge in [0, 0.05) is 29.6 Å². The van der Waals surface area contributed by atoms with Crippen LogP contribution in [0.2, 0.25) is 0 Å². The normalized spacial score (nSPS) is 12.1. The molecule has 29 heavy (non-hydrogen) atoms. The first-order chi connectivity index (χ1) is 13.8. The van der Waals surface area contributed by atoms with Gasteiger partial charge in [-0.25, -0.2) is 8.78 Å². The summed E-state index contributed by atoms with van der Waals surface area (Å²) in [7, 11) is 0. The van der Waals surface area contributed by atoms with Gasteiger partial charge in [0.2, 0.25) is 0 Å². The van der Waals surface area contributed by atoms with Gasteiger partial charge in [0.1, 0.15) is 34.6 Å². The molecule has 2 aromatic heterocycles. The minimum absolute atomic E-state index is 0.117. The number of benzene rings is 1. The molecule has 3 rings (SSSR count). The summed E-state index contributed by atoms with van der Waals surface area (Å²) >= 11 is 3.21. The lowest BCUT2D eigenvalue weighted by Crippen LogP contribution is -2.22. The quantitative estimate of drug-likeness (QED) is 0.582. The number of aliphatic hydroxyl groups is 2. The van der Waals surface area contributed by atoms with E-state index in [0.29, 0.717) is 11.4 Å². The third-order valence-electron chi connectivity index (χ3n) is 4.24. The van der Waals surface area contributed by atoms with Crippen LogP contribution in [0.1, 0.15) is 23.1 Å². The zero-order chi connectivity index (χ0) is 21.1. The monoisotopic (exact) mass is 466 g/mol. The van der Waals surface area contributed by atoms with Gasteiger partial charge in [-0.1, -0.05) is 0 Å². The number of ether oxygens (including phenoxy) is 1. The third-order valence-corrected chi connectivity index (χ3v) is 4.97. The molecule has 1 aromatic carbocycles. The lowest BCUT2D eigenvalue weighted by Gasteiger charge is -2.16. The van der Waals surface area contributed by atoms with Gasteiger partial charge in [-0.3, -0.25) is 14.3 Å². The molecular formula is C20H17BrF2N2O4. The van der Waals surface area contributed by atoms with E-state index in [1.807, 2.05) is 0 Å². The Morgan fingerprint density at radius 1 is 1.24 bits per heavy atom. The summed E-state index contributed by atoms with van der Waals surface area (Å²) in [4.78, 5) is 16.9. The lowest BCUT2D eigenvalue weighted by atomic mass is 10.2. The number of hydrogen-bond donors (Lipinski definition) is 2. The molecule has 0 saturated heterocycles. The van der Waals surface area contributed by atoms with E-state index >= 15 is 0 Å². The molecule has 0 aliphatic heterocycles. The molecule has 2 heterocycles. The Bertz CT molecular complexity index is 1100. The Balaban J connectivity index is 1.94. The molecule has 1 unspecified atom stereocenters. The summed E-state index contributed by atoms with van der Waals surface area (Å²) in [6, 6.07) is 7.84. The Kier molecular flexibility index (Phi) is 6.41. The van der Waals surface area contributed by atoms with Crippen molar-refractivity contribution in [2.24, 2.45) is 0 Å². The van der Waals surface area contributed by atoms with E-state index in [9.17, 15) is 18.7 Å². The maximum atomic E-state index is 13.8. The summed E-state index contributed by atoms with van der Waals surface area (Å²) in [5, 5.41) is 18.9. The summed E-state index contributed by atoms with van der Waals surface area (Å²) < 4.78 is 33.9. The molecule has 0 radical (unpaired) electrons. The van der Waals surface area contributed by atoms with Gasteiger partial charge in [0.05, 0.1) is 18.0 Å². The second-order valence-corrected chi connectivity index (χ2v) is 7.06. The highest BCUT2D eigenvalue weighted by Gasteiger charge is 2.16. The minimum Gasteiger partial charge on any atom is -0.487 e. The number of aromatic nitrogens is 2. The molecule has 0 aliphatic rings. The predicted octanol–water partition coefficient (Wildman–Crippen LogP) is 3.19. The van der Waals surface area contributed by atoms with Gasteiger partial charge in [-0.15, -0.1) is 0 Å². The van der Waals surface area contributed by atoms with E-state index in [-0.39, 0.29) is 28.1 Å².